The molecule has 0 atom stereocenters. The maximum absolute atomic E-state index is 11.6. The average molecular weight is 307 g/mol. The number of carbonyl (C=O) groups excluding carboxylic acids is 2. The van der Waals surface area contributed by atoms with Gasteiger partial charge in [-0.3, -0.25) is 25.4 Å². The zero-order valence-corrected chi connectivity index (χ0v) is 11.5. The van der Waals surface area contributed by atoms with E-state index in [1.165, 1.54) is 18.6 Å². The maximum Gasteiger partial charge on any atom is 0.289 e. The van der Waals surface area contributed by atoms with Gasteiger partial charge in [0.25, 0.3) is 11.8 Å². The van der Waals surface area contributed by atoms with Crippen molar-refractivity contribution in [3.63, 3.8) is 0 Å². The summed E-state index contributed by atoms with van der Waals surface area (Å²) in [6, 6.07) is 6.75. The first-order valence-electron chi connectivity index (χ1n) is 5.89. The number of ether oxygens (including phenoxy) is 1. The second-order valence-electron chi connectivity index (χ2n) is 3.81. The SMILES string of the molecule is O=C(COc1ccccc1Cl)NNC(=O)c1cnccn1. The highest BCUT2D eigenvalue weighted by molar-refractivity contribution is 6.32. The van der Waals surface area contributed by atoms with Crippen molar-refractivity contribution in [2.75, 3.05) is 6.61 Å². The number of benzene rings is 1. The van der Waals surface area contributed by atoms with Crippen LogP contribution in [-0.2, 0) is 4.79 Å². The predicted molar refractivity (Wildman–Crippen MR) is 74.6 cm³/mol. The lowest BCUT2D eigenvalue weighted by atomic mass is 10.3. The molecule has 0 aliphatic carbocycles. The van der Waals surface area contributed by atoms with E-state index in [9.17, 15) is 9.59 Å². The van der Waals surface area contributed by atoms with Gasteiger partial charge in [-0.05, 0) is 12.1 Å². The largest absolute Gasteiger partial charge is 0.482 e. The molecule has 0 fully saturated rings. The van der Waals surface area contributed by atoms with E-state index in [2.05, 4.69) is 20.8 Å². The van der Waals surface area contributed by atoms with Crippen LogP contribution in [0.25, 0.3) is 0 Å². The summed E-state index contributed by atoms with van der Waals surface area (Å²) in [5.74, 6) is -0.726. The molecule has 0 radical (unpaired) electrons. The number of para-hydroxylation sites is 1. The quantitative estimate of drug-likeness (QED) is 0.821. The molecule has 2 amide bonds. The van der Waals surface area contributed by atoms with Gasteiger partial charge < -0.3 is 4.74 Å². The molecule has 2 rings (SSSR count). The van der Waals surface area contributed by atoms with Gasteiger partial charge in [-0.1, -0.05) is 23.7 Å². The van der Waals surface area contributed by atoms with Gasteiger partial charge in [0.2, 0.25) is 0 Å². The molecule has 0 aliphatic rings. The molecule has 1 heterocycles. The number of hydrazine groups is 1. The van der Waals surface area contributed by atoms with Crippen molar-refractivity contribution in [1.82, 2.24) is 20.8 Å². The highest BCUT2D eigenvalue weighted by Gasteiger charge is 2.09. The summed E-state index contributed by atoms with van der Waals surface area (Å²) in [5, 5.41) is 0.397. The smallest absolute Gasteiger partial charge is 0.289 e. The van der Waals surface area contributed by atoms with Crippen molar-refractivity contribution in [1.29, 1.82) is 0 Å². The predicted octanol–water partition coefficient (Wildman–Crippen LogP) is 0.970. The Morgan fingerprint density at radius 1 is 1.19 bits per heavy atom. The number of halogens is 1. The van der Waals surface area contributed by atoms with Gasteiger partial charge >= 0.3 is 0 Å². The van der Waals surface area contributed by atoms with Crippen LogP contribution >= 0.6 is 11.6 Å². The Morgan fingerprint density at radius 2 is 2.00 bits per heavy atom. The third-order valence-corrected chi connectivity index (χ3v) is 2.62. The van der Waals surface area contributed by atoms with Crippen molar-refractivity contribution in [3.8, 4) is 5.75 Å². The van der Waals surface area contributed by atoms with Crippen LogP contribution in [0, 0.1) is 0 Å². The van der Waals surface area contributed by atoms with Gasteiger partial charge in [0, 0.05) is 12.4 Å². The molecule has 21 heavy (non-hydrogen) atoms. The summed E-state index contributed by atoms with van der Waals surface area (Å²) in [6.45, 7) is -0.287. The molecule has 0 saturated heterocycles. The van der Waals surface area contributed by atoms with Gasteiger partial charge in [0.1, 0.15) is 11.4 Å². The van der Waals surface area contributed by atoms with Gasteiger partial charge in [-0.2, -0.15) is 0 Å². The Morgan fingerprint density at radius 3 is 2.71 bits per heavy atom. The molecule has 0 spiro atoms. The van der Waals surface area contributed by atoms with E-state index in [1.807, 2.05) is 0 Å². The van der Waals surface area contributed by atoms with Gasteiger partial charge in [-0.15, -0.1) is 0 Å². The first-order chi connectivity index (χ1) is 10.2. The highest BCUT2D eigenvalue weighted by Crippen LogP contribution is 2.22. The summed E-state index contributed by atoms with van der Waals surface area (Å²) >= 11 is 5.87. The molecule has 1 aromatic heterocycles. The number of hydrogen-bond donors (Lipinski definition) is 2. The van der Waals surface area contributed by atoms with Crippen molar-refractivity contribution in [3.05, 3.63) is 53.6 Å². The Balaban J connectivity index is 1.78. The molecule has 108 valence electrons. The van der Waals surface area contributed by atoms with Crippen molar-refractivity contribution in [2.24, 2.45) is 0 Å². The molecule has 1 aromatic carbocycles. The van der Waals surface area contributed by atoms with Crippen molar-refractivity contribution in [2.45, 2.75) is 0 Å². The molecular formula is C13H11ClN4O3. The third-order valence-electron chi connectivity index (χ3n) is 2.31. The summed E-state index contributed by atoms with van der Waals surface area (Å²) in [4.78, 5) is 30.7. The van der Waals surface area contributed by atoms with E-state index in [0.717, 1.165) is 0 Å². The van der Waals surface area contributed by atoms with Gasteiger partial charge in [0.15, 0.2) is 6.61 Å². The fraction of sp³-hybridized carbons (Fsp3) is 0.0769. The minimum absolute atomic E-state index is 0.0878. The van der Waals surface area contributed by atoms with Crippen LogP contribution in [0.15, 0.2) is 42.9 Å². The Kier molecular flexibility index (Phi) is 5.05. The zero-order valence-electron chi connectivity index (χ0n) is 10.7. The second kappa shape index (κ2) is 7.20. The lowest BCUT2D eigenvalue weighted by molar-refractivity contribution is -0.123. The number of amides is 2. The molecular weight excluding hydrogens is 296 g/mol. The van der Waals surface area contributed by atoms with Crippen LogP contribution in [0.1, 0.15) is 10.5 Å². The van der Waals surface area contributed by atoms with Crippen LogP contribution in [0.5, 0.6) is 5.75 Å². The van der Waals surface area contributed by atoms with E-state index in [4.69, 9.17) is 16.3 Å². The van der Waals surface area contributed by atoms with E-state index < -0.39 is 11.8 Å². The van der Waals surface area contributed by atoms with Crippen LogP contribution < -0.4 is 15.6 Å². The standard InChI is InChI=1S/C13H11ClN4O3/c14-9-3-1-2-4-11(9)21-8-12(19)17-18-13(20)10-7-15-5-6-16-10/h1-7H,8H2,(H,17,19)(H,18,20). The lowest BCUT2D eigenvalue weighted by Gasteiger charge is -2.09. The molecule has 2 aromatic rings. The van der Waals surface area contributed by atoms with Crippen molar-refractivity contribution < 1.29 is 14.3 Å². The highest BCUT2D eigenvalue weighted by atomic mass is 35.5. The molecule has 0 unspecified atom stereocenters. The monoisotopic (exact) mass is 306 g/mol. The normalized spacial score (nSPS) is 9.76. The Hall–Kier alpha value is -2.67. The molecule has 0 saturated carbocycles. The van der Waals surface area contributed by atoms with E-state index in [-0.39, 0.29) is 12.3 Å². The molecule has 8 heteroatoms. The summed E-state index contributed by atoms with van der Waals surface area (Å²) < 4.78 is 5.21. The summed E-state index contributed by atoms with van der Waals surface area (Å²) in [5.41, 5.74) is 4.48. The number of carbonyl (C=O) groups is 2. The summed E-state index contributed by atoms with van der Waals surface area (Å²) in [6.07, 6.45) is 4.09. The van der Waals surface area contributed by atoms with Crippen LogP contribution in [0.2, 0.25) is 5.02 Å². The van der Waals surface area contributed by atoms with Crippen molar-refractivity contribution >= 4 is 23.4 Å². The topological polar surface area (TPSA) is 93.2 Å². The minimum atomic E-state index is -0.575. The number of nitrogens with one attached hydrogen (secondary N) is 2. The first kappa shape index (κ1) is 14.7. The van der Waals surface area contributed by atoms with Gasteiger partial charge in [0.05, 0.1) is 11.2 Å². The molecule has 2 N–H and O–H groups in total. The van der Waals surface area contributed by atoms with E-state index in [0.29, 0.717) is 10.8 Å². The molecule has 7 nitrogen and oxygen atoms in total. The van der Waals surface area contributed by atoms with E-state index >= 15 is 0 Å². The molecule has 0 aliphatic heterocycles. The number of nitrogens with zero attached hydrogens (tertiary/aromatic N) is 2. The third kappa shape index (κ3) is 4.43. The summed E-state index contributed by atoms with van der Waals surface area (Å²) in [7, 11) is 0. The Labute approximate surface area is 125 Å². The molecule has 0 bridgehead atoms. The van der Waals surface area contributed by atoms with Gasteiger partial charge in [-0.25, -0.2) is 4.98 Å². The fourth-order valence-corrected chi connectivity index (χ4v) is 1.54. The van der Waals surface area contributed by atoms with E-state index in [1.54, 1.807) is 24.3 Å². The first-order valence-corrected chi connectivity index (χ1v) is 6.27. The van der Waals surface area contributed by atoms with Crippen LogP contribution in [-0.4, -0.2) is 28.4 Å². The number of rotatable bonds is 4. The lowest BCUT2D eigenvalue weighted by Crippen LogP contribution is -2.44. The second-order valence-corrected chi connectivity index (χ2v) is 4.22. The van der Waals surface area contributed by atoms with Crippen LogP contribution in [0.4, 0.5) is 0 Å². The average Bonchev–Trinajstić information content (AvgIpc) is 2.52. The number of hydrogen-bond acceptors (Lipinski definition) is 5. The number of aromatic nitrogens is 2. The zero-order chi connectivity index (χ0) is 15.1. The van der Waals surface area contributed by atoms with Crippen LogP contribution in [0.3, 0.4) is 0 Å². The maximum atomic E-state index is 11.6. The fourth-order valence-electron chi connectivity index (χ4n) is 1.35. The minimum Gasteiger partial charge on any atom is -0.482 e. The Bertz CT molecular complexity index is 636.